The molecule has 146 valence electrons. The van der Waals surface area contributed by atoms with Gasteiger partial charge >= 0.3 is 5.97 Å². The van der Waals surface area contributed by atoms with Gasteiger partial charge in [0.2, 0.25) is 5.91 Å². The second-order valence-corrected chi connectivity index (χ2v) is 6.39. The van der Waals surface area contributed by atoms with Crippen LogP contribution < -0.4 is 0 Å². The molecule has 0 aromatic heterocycles. The molecule has 0 radical (unpaired) electrons. The Bertz CT molecular complexity index is 710. The normalized spacial score (nSPS) is 15.3. The minimum atomic E-state index is -1.06. The minimum absolute atomic E-state index is 0.0221. The molecule has 1 heterocycles. The predicted octanol–water partition coefficient (Wildman–Crippen LogP) is 0.834. The average Bonchev–Trinajstić information content (AvgIpc) is 2.88. The van der Waals surface area contributed by atoms with Gasteiger partial charge in [-0.2, -0.15) is 0 Å². The number of hydrogen-bond acceptors (Lipinski definition) is 6. The van der Waals surface area contributed by atoms with Gasteiger partial charge in [-0.05, 0) is 32.9 Å². The van der Waals surface area contributed by atoms with E-state index in [4.69, 9.17) is 4.74 Å². The summed E-state index contributed by atoms with van der Waals surface area (Å²) >= 11 is 0. The first-order chi connectivity index (χ1) is 12.8. The van der Waals surface area contributed by atoms with E-state index in [0.29, 0.717) is 0 Å². The van der Waals surface area contributed by atoms with Gasteiger partial charge in [0.1, 0.15) is 6.04 Å². The Kier molecular flexibility index (Phi) is 6.68. The molecule has 2 rings (SSSR count). The predicted molar refractivity (Wildman–Crippen MR) is 95.9 cm³/mol. The highest BCUT2D eigenvalue weighted by molar-refractivity contribution is 6.22. The zero-order chi connectivity index (χ0) is 20.1. The molecular formula is C19H24N2O6. The number of amides is 3. The van der Waals surface area contributed by atoms with Crippen molar-refractivity contribution in [1.29, 1.82) is 0 Å². The van der Waals surface area contributed by atoms with Crippen molar-refractivity contribution in [3.05, 3.63) is 35.4 Å². The summed E-state index contributed by atoms with van der Waals surface area (Å²) in [6.45, 7) is 4.89. The lowest BCUT2D eigenvalue weighted by Crippen LogP contribution is -2.51. The first-order valence-electron chi connectivity index (χ1n) is 8.87. The number of benzene rings is 1. The highest BCUT2D eigenvalue weighted by Crippen LogP contribution is 2.25. The van der Waals surface area contributed by atoms with E-state index in [0.717, 1.165) is 4.90 Å². The third-order valence-electron chi connectivity index (χ3n) is 4.26. The quantitative estimate of drug-likeness (QED) is 0.532. The highest BCUT2D eigenvalue weighted by Gasteiger charge is 2.41. The fourth-order valence-corrected chi connectivity index (χ4v) is 3.00. The maximum Gasteiger partial charge on any atom is 0.307 e. The smallest absolute Gasteiger partial charge is 0.307 e. The van der Waals surface area contributed by atoms with Crippen LogP contribution in [0.25, 0.3) is 0 Å². The van der Waals surface area contributed by atoms with Crippen LogP contribution in [-0.2, 0) is 14.3 Å². The van der Waals surface area contributed by atoms with E-state index in [9.17, 15) is 24.3 Å². The fraction of sp³-hybridized carbons (Fsp3) is 0.474. The molecule has 8 heteroatoms. The summed E-state index contributed by atoms with van der Waals surface area (Å²) in [4.78, 5) is 51.8. The van der Waals surface area contributed by atoms with Crippen molar-refractivity contribution in [3.8, 4) is 0 Å². The molecule has 2 unspecified atom stereocenters. The number of aliphatic hydroxyl groups is 1. The summed E-state index contributed by atoms with van der Waals surface area (Å²) in [5, 5.41) is 9.68. The molecule has 8 nitrogen and oxygen atoms in total. The zero-order valence-corrected chi connectivity index (χ0v) is 15.7. The zero-order valence-electron chi connectivity index (χ0n) is 15.7. The van der Waals surface area contributed by atoms with Crippen molar-refractivity contribution in [2.24, 2.45) is 0 Å². The Morgan fingerprint density at radius 3 is 2.19 bits per heavy atom. The van der Waals surface area contributed by atoms with E-state index < -0.39 is 35.8 Å². The largest absolute Gasteiger partial charge is 0.466 e. The molecule has 0 saturated heterocycles. The monoisotopic (exact) mass is 376 g/mol. The number of esters is 1. The van der Waals surface area contributed by atoms with Crippen LogP contribution in [0.1, 0.15) is 47.9 Å². The summed E-state index contributed by atoms with van der Waals surface area (Å²) in [6.07, 6.45) is -0.869. The lowest BCUT2D eigenvalue weighted by Gasteiger charge is -2.30. The molecule has 0 aliphatic carbocycles. The van der Waals surface area contributed by atoms with Gasteiger partial charge in [0, 0.05) is 13.1 Å². The van der Waals surface area contributed by atoms with Crippen LogP contribution in [0.15, 0.2) is 24.3 Å². The van der Waals surface area contributed by atoms with Crippen molar-refractivity contribution in [2.45, 2.75) is 39.3 Å². The second kappa shape index (κ2) is 8.77. The maximum atomic E-state index is 12.9. The Balaban J connectivity index is 2.16. The van der Waals surface area contributed by atoms with Gasteiger partial charge in [0.15, 0.2) is 0 Å². The van der Waals surface area contributed by atoms with Crippen LogP contribution in [0, 0.1) is 0 Å². The van der Waals surface area contributed by atoms with Crippen molar-refractivity contribution < 1.29 is 29.0 Å². The number of aliphatic hydroxyl groups excluding tert-OH is 1. The standard InChI is InChI=1S/C19H24N2O6/c1-4-27-16(23)9-10-20(11-12(2)22)17(24)13(3)21-18(25)14-7-5-6-8-15(14)19(21)26/h5-8,12-13,22H,4,9-11H2,1-3H3. The highest BCUT2D eigenvalue weighted by atomic mass is 16.5. The van der Waals surface area contributed by atoms with E-state index in [-0.39, 0.29) is 37.2 Å². The lowest BCUT2D eigenvalue weighted by molar-refractivity contribution is -0.145. The number of nitrogens with zero attached hydrogens (tertiary/aromatic N) is 2. The van der Waals surface area contributed by atoms with E-state index in [1.807, 2.05) is 0 Å². The van der Waals surface area contributed by atoms with E-state index in [1.54, 1.807) is 31.2 Å². The summed E-state index contributed by atoms with van der Waals surface area (Å²) in [6, 6.07) is 5.33. The number of fused-ring (bicyclic) bond motifs is 1. The third kappa shape index (κ3) is 4.51. The molecule has 0 saturated carbocycles. The van der Waals surface area contributed by atoms with Crippen molar-refractivity contribution in [3.63, 3.8) is 0 Å². The van der Waals surface area contributed by atoms with Crippen LogP contribution in [0.2, 0.25) is 0 Å². The lowest BCUT2D eigenvalue weighted by atomic mass is 10.1. The number of carbonyl (C=O) groups excluding carboxylic acids is 4. The Morgan fingerprint density at radius 2 is 1.70 bits per heavy atom. The summed E-state index contributed by atoms with van der Waals surface area (Å²) in [5.41, 5.74) is 0.520. The molecule has 27 heavy (non-hydrogen) atoms. The average molecular weight is 376 g/mol. The first kappa shape index (κ1) is 20.6. The number of rotatable bonds is 8. The number of carbonyl (C=O) groups is 4. The SMILES string of the molecule is CCOC(=O)CCN(CC(C)O)C(=O)C(C)N1C(=O)c2ccccc2C1=O. The van der Waals surface area contributed by atoms with Gasteiger partial charge in [-0.1, -0.05) is 12.1 Å². The number of hydrogen-bond donors (Lipinski definition) is 1. The fourth-order valence-electron chi connectivity index (χ4n) is 3.00. The van der Waals surface area contributed by atoms with Gasteiger partial charge in [-0.3, -0.25) is 24.1 Å². The van der Waals surface area contributed by atoms with Crippen LogP contribution in [-0.4, -0.2) is 70.4 Å². The van der Waals surface area contributed by atoms with Crippen molar-refractivity contribution in [1.82, 2.24) is 9.80 Å². The third-order valence-corrected chi connectivity index (χ3v) is 4.26. The van der Waals surface area contributed by atoms with Crippen LogP contribution in [0.3, 0.4) is 0 Å². The Morgan fingerprint density at radius 1 is 1.15 bits per heavy atom. The molecule has 1 aliphatic heterocycles. The molecule has 3 amide bonds. The number of ether oxygens (including phenoxy) is 1. The summed E-state index contributed by atoms with van der Waals surface area (Å²) < 4.78 is 4.86. The van der Waals surface area contributed by atoms with Crippen LogP contribution in [0.5, 0.6) is 0 Å². The van der Waals surface area contributed by atoms with Crippen LogP contribution >= 0.6 is 0 Å². The van der Waals surface area contributed by atoms with Gasteiger partial charge in [-0.25, -0.2) is 0 Å². The summed E-state index contributed by atoms with van der Waals surface area (Å²) in [5.74, 6) is -2.04. The molecular weight excluding hydrogens is 352 g/mol. The summed E-state index contributed by atoms with van der Waals surface area (Å²) in [7, 11) is 0. The molecule has 2 atom stereocenters. The molecule has 1 N–H and O–H groups in total. The van der Waals surface area contributed by atoms with Gasteiger partial charge < -0.3 is 14.7 Å². The van der Waals surface area contributed by atoms with E-state index >= 15 is 0 Å². The Hall–Kier alpha value is -2.74. The molecule has 1 aliphatic rings. The number of imide groups is 1. The van der Waals surface area contributed by atoms with Gasteiger partial charge in [-0.15, -0.1) is 0 Å². The molecule has 0 spiro atoms. The topological polar surface area (TPSA) is 104 Å². The maximum absolute atomic E-state index is 12.9. The van der Waals surface area contributed by atoms with E-state index in [2.05, 4.69) is 0 Å². The molecule has 0 bridgehead atoms. The molecule has 1 aromatic carbocycles. The minimum Gasteiger partial charge on any atom is -0.466 e. The second-order valence-electron chi connectivity index (χ2n) is 6.39. The van der Waals surface area contributed by atoms with Crippen molar-refractivity contribution >= 4 is 23.7 Å². The molecule has 1 aromatic rings. The van der Waals surface area contributed by atoms with Crippen molar-refractivity contribution in [2.75, 3.05) is 19.7 Å². The first-order valence-corrected chi connectivity index (χ1v) is 8.87. The van der Waals surface area contributed by atoms with Gasteiger partial charge in [0.25, 0.3) is 11.8 Å². The van der Waals surface area contributed by atoms with Gasteiger partial charge in [0.05, 0.1) is 30.3 Å². The van der Waals surface area contributed by atoms with E-state index in [1.165, 1.54) is 18.7 Å². The Labute approximate surface area is 157 Å². The molecule has 0 fully saturated rings. The van der Waals surface area contributed by atoms with Crippen LogP contribution in [0.4, 0.5) is 0 Å².